The fraction of sp³-hybridized carbons (Fsp3) is 0.412. The molecule has 1 aliphatic carbocycles. The van der Waals surface area contributed by atoms with Crippen LogP contribution in [0.5, 0.6) is 0 Å². The van der Waals surface area contributed by atoms with E-state index >= 15 is 0 Å². The van der Waals surface area contributed by atoms with Crippen molar-refractivity contribution < 1.29 is 18.1 Å². The molecule has 1 N–H and O–H groups in total. The standard InChI is InChI=1S/C17H19F2N3O2/c1-11-8-16(21-24-11)20-17(23)22(14-4-2-3-5-14)10-12-9-13(18)6-7-15(12)19/h6-9,14H,2-5,10H2,1H3,(H,20,21,23). The number of nitrogens with one attached hydrogen (secondary N) is 1. The lowest BCUT2D eigenvalue weighted by atomic mass is 10.1. The van der Waals surface area contributed by atoms with E-state index in [0.717, 1.165) is 43.9 Å². The molecular weight excluding hydrogens is 316 g/mol. The van der Waals surface area contributed by atoms with E-state index in [2.05, 4.69) is 10.5 Å². The highest BCUT2D eigenvalue weighted by atomic mass is 19.1. The number of aromatic nitrogens is 1. The van der Waals surface area contributed by atoms with Crippen molar-refractivity contribution >= 4 is 11.8 Å². The van der Waals surface area contributed by atoms with Crippen LogP contribution in [0.4, 0.5) is 19.4 Å². The molecule has 0 aliphatic heterocycles. The summed E-state index contributed by atoms with van der Waals surface area (Å²) in [5.41, 5.74) is 0.161. The van der Waals surface area contributed by atoms with E-state index in [1.54, 1.807) is 17.9 Å². The number of benzene rings is 1. The van der Waals surface area contributed by atoms with Crippen LogP contribution in [-0.4, -0.2) is 22.1 Å². The first-order valence-corrected chi connectivity index (χ1v) is 7.98. The third kappa shape index (κ3) is 3.72. The van der Waals surface area contributed by atoms with Gasteiger partial charge in [0.25, 0.3) is 0 Å². The van der Waals surface area contributed by atoms with Crippen molar-refractivity contribution in [1.82, 2.24) is 10.1 Å². The minimum absolute atomic E-state index is 0.000616. The molecule has 0 unspecified atom stereocenters. The molecule has 0 radical (unpaired) electrons. The predicted molar refractivity (Wildman–Crippen MR) is 84.4 cm³/mol. The van der Waals surface area contributed by atoms with Crippen molar-refractivity contribution in [3.8, 4) is 0 Å². The van der Waals surface area contributed by atoms with Gasteiger partial charge >= 0.3 is 6.03 Å². The third-order valence-corrected chi connectivity index (χ3v) is 4.24. The minimum atomic E-state index is -0.524. The molecule has 1 fully saturated rings. The number of carbonyl (C=O) groups is 1. The fourth-order valence-corrected chi connectivity index (χ4v) is 3.04. The molecule has 1 heterocycles. The molecule has 0 spiro atoms. The van der Waals surface area contributed by atoms with Crippen LogP contribution in [0.15, 0.2) is 28.8 Å². The van der Waals surface area contributed by atoms with Gasteiger partial charge in [0, 0.05) is 17.7 Å². The average Bonchev–Trinajstić information content (AvgIpc) is 3.20. The summed E-state index contributed by atoms with van der Waals surface area (Å²) in [7, 11) is 0. The molecule has 1 aromatic heterocycles. The molecule has 0 atom stereocenters. The van der Waals surface area contributed by atoms with E-state index in [-0.39, 0.29) is 24.2 Å². The van der Waals surface area contributed by atoms with Gasteiger partial charge < -0.3 is 9.42 Å². The van der Waals surface area contributed by atoms with Crippen LogP contribution < -0.4 is 5.32 Å². The molecule has 128 valence electrons. The number of anilines is 1. The van der Waals surface area contributed by atoms with Crippen LogP contribution in [0.25, 0.3) is 0 Å². The summed E-state index contributed by atoms with van der Waals surface area (Å²) >= 11 is 0. The summed E-state index contributed by atoms with van der Waals surface area (Å²) < 4.78 is 32.3. The number of nitrogens with zero attached hydrogens (tertiary/aromatic N) is 2. The monoisotopic (exact) mass is 335 g/mol. The Morgan fingerprint density at radius 3 is 2.75 bits per heavy atom. The fourth-order valence-electron chi connectivity index (χ4n) is 3.04. The summed E-state index contributed by atoms with van der Waals surface area (Å²) in [6, 6.07) is 4.49. The van der Waals surface area contributed by atoms with Gasteiger partial charge in [-0.05, 0) is 38.0 Å². The predicted octanol–water partition coefficient (Wildman–Crippen LogP) is 4.24. The summed E-state index contributed by atoms with van der Waals surface area (Å²) in [6.07, 6.45) is 3.73. The summed E-state index contributed by atoms with van der Waals surface area (Å²) in [5, 5.41) is 6.40. The molecule has 7 heteroatoms. The van der Waals surface area contributed by atoms with Crippen molar-refractivity contribution in [2.45, 2.75) is 45.2 Å². The first kappa shape index (κ1) is 16.4. The largest absolute Gasteiger partial charge is 0.360 e. The van der Waals surface area contributed by atoms with Crippen LogP contribution in [0.1, 0.15) is 37.0 Å². The van der Waals surface area contributed by atoms with Gasteiger partial charge in [-0.2, -0.15) is 0 Å². The van der Waals surface area contributed by atoms with E-state index in [9.17, 15) is 13.6 Å². The van der Waals surface area contributed by atoms with Crippen LogP contribution in [-0.2, 0) is 6.54 Å². The Kier molecular flexibility index (Phi) is 4.78. The van der Waals surface area contributed by atoms with E-state index in [1.165, 1.54) is 0 Å². The van der Waals surface area contributed by atoms with Crippen molar-refractivity contribution in [1.29, 1.82) is 0 Å². The second-order valence-corrected chi connectivity index (χ2v) is 6.05. The van der Waals surface area contributed by atoms with Crippen molar-refractivity contribution in [3.05, 3.63) is 47.2 Å². The maximum absolute atomic E-state index is 14.0. The molecule has 3 rings (SSSR count). The highest BCUT2D eigenvalue weighted by Crippen LogP contribution is 2.26. The van der Waals surface area contributed by atoms with Crippen molar-refractivity contribution in [2.75, 3.05) is 5.32 Å². The third-order valence-electron chi connectivity index (χ3n) is 4.24. The van der Waals surface area contributed by atoms with Gasteiger partial charge in [-0.1, -0.05) is 18.0 Å². The molecule has 2 amide bonds. The normalized spacial score (nSPS) is 14.8. The average molecular weight is 335 g/mol. The number of aryl methyl sites for hydroxylation is 1. The van der Waals surface area contributed by atoms with Crippen LogP contribution in [0.3, 0.4) is 0 Å². The zero-order valence-corrected chi connectivity index (χ0v) is 13.4. The Bertz CT molecular complexity index is 726. The first-order chi connectivity index (χ1) is 11.5. The summed E-state index contributed by atoms with van der Waals surface area (Å²) in [5.74, 6) is -0.163. The maximum atomic E-state index is 14.0. The van der Waals surface area contributed by atoms with Gasteiger partial charge in [0.15, 0.2) is 5.82 Å². The van der Waals surface area contributed by atoms with E-state index in [4.69, 9.17) is 4.52 Å². The number of hydrogen-bond acceptors (Lipinski definition) is 3. The van der Waals surface area contributed by atoms with Gasteiger partial charge in [-0.3, -0.25) is 5.32 Å². The number of rotatable bonds is 4. The molecule has 1 aliphatic rings. The Balaban J connectivity index is 1.80. The SMILES string of the molecule is Cc1cc(NC(=O)N(Cc2cc(F)ccc2F)C2CCCC2)no1. The zero-order chi connectivity index (χ0) is 17.1. The summed E-state index contributed by atoms with van der Waals surface area (Å²) in [6.45, 7) is 1.73. The van der Waals surface area contributed by atoms with Crippen LogP contribution in [0.2, 0.25) is 0 Å². The maximum Gasteiger partial charge on any atom is 0.323 e. The molecule has 5 nitrogen and oxygen atoms in total. The Hall–Kier alpha value is -2.44. The smallest absolute Gasteiger partial charge is 0.323 e. The molecule has 24 heavy (non-hydrogen) atoms. The quantitative estimate of drug-likeness (QED) is 0.909. The lowest BCUT2D eigenvalue weighted by molar-refractivity contribution is 0.183. The zero-order valence-electron chi connectivity index (χ0n) is 13.4. The van der Waals surface area contributed by atoms with Crippen LogP contribution in [0, 0.1) is 18.6 Å². The van der Waals surface area contributed by atoms with Crippen LogP contribution >= 0.6 is 0 Å². The summed E-state index contributed by atoms with van der Waals surface area (Å²) in [4.78, 5) is 14.2. The molecule has 0 bridgehead atoms. The molecule has 0 saturated heterocycles. The first-order valence-electron chi connectivity index (χ1n) is 7.98. The van der Waals surface area contributed by atoms with E-state index in [0.29, 0.717) is 11.6 Å². The van der Waals surface area contributed by atoms with E-state index in [1.807, 2.05) is 0 Å². The molecule has 1 aromatic carbocycles. The topological polar surface area (TPSA) is 58.4 Å². The van der Waals surface area contributed by atoms with E-state index < -0.39 is 11.6 Å². The minimum Gasteiger partial charge on any atom is -0.360 e. The highest BCUT2D eigenvalue weighted by Gasteiger charge is 2.28. The number of halogens is 2. The number of hydrogen-bond donors (Lipinski definition) is 1. The van der Waals surface area contributed by atoms with Gasteiger partial charge in [-0.25, -0.2) is 13.6 Å². The molecular formula is C17H19F2N3O2. The number of urea groups is 1. The van der Waals surface area contributed by atoms with Gasteiger partial charge in [0.05, 0.1) is 6.54 Å². The Labute approximate surface area is 138 Å². The lowest BCUT2D eigenvalue weighted by Crippen LogP contribution is -2.41. The second-order valence-electron chi connectivity index (χ2n) is 6.05. The number of carbonyl (C=O) groups excluding carboxylic acids is 1. The molecule has 2 aromatic rings. The van der Waals surface area contributed by atoms with Gasteiger partial charge in [-0.15, -0.1) is 0 Å². The van der Waals surface area contributed by atoms with Gasteiger partial charge in [0.1, 0.15) is 17.4 Å². The highest BCUT2D eigenvalue weighted by molar-refractivity contribution is 5.88. The second kappa shape index (κ2) is 6.98. The van der Waals surface area contributed by atoms with Gasteiger partial charge in [0.2, 0.25) is 0 Å². The number of amides is 2. The Morgan fingerprint density at radius 2 is 2.08 bits per heavy atom. The van der Waals surface area contributed by atoms with Crippen molar-refractivity contribution in [3.63, 3.8) is 0 Å². The molecule has 1 saturated carbocycles. The lowest BCUT2D eigenvalue weighted by Gasteiger charge is -2.29. The Morgan fingerprint density at radius 1 is 1.33 bits per heavy atom. The van der Waals surface area contributed by atoms with Crippen molar-refractivity contribution in [2.24, 2.45) is 0 Å².